The zero-order valence-corrected chi connectivity index (χ0v) is 15.5. The third-order valence-electron chi connectivity index (χ3n) is 5.49. The van der Waals surface area contributed by atoms with Gasteiger partial charge in [0.15, 0.2) is 0 Å². The molecule has 2 heterocycles. The van der Waals surface area contributed by atoms with E-state index in [4.69, 9.17) is 0 Å². The van der Waals surface area contributed by atoms with Gasteiger partial charge >= 0.3 is 0 Å². The predicted octanol–water partition coefficient (Wildman–Crippen LogP) is 4.90. The number of piperidine rings is 1. The molecule has 4 nitrogen and oxygen atoms in total. The number of fused-ring (bicyclic) bond motifs is 1. The van der Waals surface area contributed by atoms with Crippen LogP contribution in [0.3, 0.4) is 0 Å². The minimum Gasteiger partial charge on any atom is -0.342 e. The summed E-state index contributed by atoms with van der Waals surface area (Å²) < 4.78 is 0. The van der Waals surface area contributed by atoms with Crippen LogP contribution in [0.25, 0.3) is 21.9 Å². The van der Waals surface area contributed by atoms with Crippen LogP contribution in [0.4, 0.5) is 0 Å². The van der Waals surface area contributed by atoms with Crippen LogP contribution in [-0.4, -0.2) is 34.1 Å². The third-order valence-corrected chi connectivity index (χ3v) is 5.49. The summed E-state index contributed by atoms with van der Waals surface area (Å²) in [6.45, 7) is 5.33. The molecule has 0 aliphatic carbocycles. The van der Waals surface area contributed by atoms with E-state index >= 15 is 0 Å². The largest absolute Gasteiger partial charge is 0.342 e. The minimum absolute atomic E-state index is 0.228. The fourth-order valence-corrected chi connectivity index (χ4v) is 4.11. The molecule has 1 aliphatic heterocycles. The van der Waals surface area contributed by atoms with Gasteiger partial charge in [0.1, 0.15) is 0 Å². The zero-order chi connectivity index (χ0) is 18.6. The Morgan fingerprint density at radius 3 is 2.96 bits per heavy atom. The quantitative estimate of drug-likeness (QED) is 0.659. The Morgan fingerprint density at radius 1 is 1.22 bits per heavy atom. The Balaban J connectivity index is 1.64. The molecule has 3 aromatic rings. The van der Waals surface area contributed by atoms with E-state index in [0.717, 1.165) is 43.6 Å². The van der Waals surface area contributed by atoms with Crippen molar-refractivity contribution in [3.05, 3.63) is 67.0 Å². The van der Waals surface area contributed by atoms with Crippen molar-refractivity contribution < 1.29 is 4.79 Å². The molecule has 4 heteroatoms. The lowest BCUT2D eigenvalue weighted by atomic mass is 9.89. The molecule has 1 N–H and O–H groups in total. The SMILES string of the molecule is C=CCCC(=O)N1CCC[C@@H](c2[nH]ncc2-c2cccc3ccccc23)C1. The number of H-pyrrole nitrogens is 1. The highest BCUT2D eigenvalue weighted by molar-refractivity contribution is 5.97. The number of aromatic amines is 1. The van der Waals surface area contributed by atoms with Crippen molar-refractivity contribution in [1.29, 1.82) is 0 Å². The number of hydrogen-bond donors (Lipinski definition) is 1. The molecule has 1 saturated heterocycles. The first-order chi connectivity index (χ1) is 13.3. The van der Waals surface area contributed by atoms with Crippen LogP contribution in [0.1, 0.15) is 37.3 Å². The number of aromatic nitrogens is 2. The summed E-state index contributed by atoms with van der Waals surface area (Å²) in [5.41, 5.74) is 3.50. The normalized spacial score (nSPS) is 17.2. The number of likely N-dealkylation sites (tertiary alicyclic amines) is 1. The highest BCUT2D eigenvalue weighted by Gasteiger charge is 2.27. The van der Waals surface area contributed by atoms with Crippen molar-refractivity contribution in [2.75, 3.05) is 13.1 Å². The Kier molecular flexibility index (Phi) is 5.05. The maximum atomic E-state index is 12.5. The summed E-state index contributed by atoms with van der Waals surface area (Å²) in [4.78, 5) is 14.5. The summed E-state index contributed by atoms with van der Waals surface area (Å²) in [5, 5.41) is 10.1. The Labute approximate surface area is 159 Å². The summed E-state index contributed by atoms with van der Waals surface area (Å²) in [6, 6.07) is 14.8. The molecular formula is C23H25N3O. The predicted molar refractivity (Wildman–Crippen MR) is 110 cm³/mol. The van der Waals surface area contributed by atoms with Gasteiger partial charge in [0.05, 0.1) is 6.20 Å². The molecule has 1 aromatic heterocycles. The zero-order valence-electron chi connectivity index (χ0n) is 15.5. The molecule has 0 saturated carbocycles. The number of allylic oxidation sites excluding steroid dienone is 1. The molecule has 4 rings (SSSR count). The number of benzene rings is 2. The van der Waals surface area contributed by atoms with Gasteiger partial charge in [-0.05, 0) is 35.6 Å². The van der Waals surface area contributed by atoms with E-state index in [9.17, 15) is 4.79 Å². The molecule has 27 heavy (non-hydrogen) atoms. The lowest BCUT2D eigenvalue weighted by Crippen LogP contribution is -2.39. The first kappa shape index (κ1) is 17.5. The fourth-order valence-electron chi connectivity index (χ4n) is 4.11. The molecule has 1 fully saturated rings. The lowest BCUT2D eigenvalue weighted by Gasteiger charge is -2.33. The molecule has 2 aromatic carbocycles. The van der Waals surface area contributed by atoms with Crippen molar-refractivity contribution in [2.45, 2.75) is 31.6 Å². The molecule has 1 atom stereocenters. The van der Waals surface area contributed by atoms with Crippen LogP contribution in [0.2, 0.25) is 0 Å². The Morgan fingerprint density at radius 2 is 2.07 bits per heavy atom. The number of nitrogens with zero attached hydrogens (tertiary/aromatic N) is 2. The Bertz CT molecular complexity index is 954. The maximum absolute atomic E-state index is 12.5. The average Bonchev–Trinajstić information content (AvgIpc) is 3.21. The van der Waals surface area contributed by atoms with Crippen LogP contribution >= 0.6 is 0 Å². The summed E-state index contributed by atoms with van der Waals surface area (Å²) in [7, 11) is 0. The van der Waals surface area contributed by atoms with Crippen molar-refractivity contribution in [1.82, 2.24) is 15.1 Å². The van der Waals surface area contributed by atoms with Crippen molar-refractivity contribution in [2.24, 2.45) is 0 Å². The van der Waals surface area contributed by atoms with E-state index in [1.54, 1.807) is 0 Å². The van der Waals surface area contributed by atoms with Gasteiger partial charge in [-0.3, -0.25) is 9.89 Å². The highest BCUT2D eigenvalue weighted by atomic mass is 16.2. The van der Waals surface area contributed by atoms with Crippen molar-refractivity contribution >= 4 is 16.7 Å². The lowest BCUT2D eigenvalue weighted by molar-refractivity contribution is -0.132. The van der Waals surface area contributed by atoms with E-state index in [0.29, 0.717) is 12.3 Å². The fraction of sp³-hybridized carbons (Fsp3) is 0.304. The van der Waals surface area contributed by atoms with E-state index in [-0.39, 0.29) is 5.91 Å². The van der Waals surface area contributed by atoms with E-state index < -0.39 is 0 Å². The summed E-state index contributed by atoms with van der Waals surface area (Å²) in [6.07, 6.45) is 7.13. The first-order valence-electron chi connectivity index (χ1n) is 9.68. The second kappa shape index (κ2) is 7.78. The van der Waals surface area contributed by atoms with E-state index in [2.05, 4.69) is 59.2 Å². The van der Waals surface area contributed by atoms with Crippen molar-refractivity contribution in [3.63, 3.8) is 0 Å². The van der Waals surface area contributed by atoms with Gasteiger partial charge in [-0.15, -0.1) is 6.58 Å². The number of amides is 1. The Hall–Kier alpha value is -2.88. The molecule has 1 aliphatic rings. The number of carbonyl (C=O) groups is 1. The number of carbonyl (C=O) groups excluding carboxylic acids is 1. The van der Waals surface area contributed by atoms with Gasteiger partial charge in [-0.1, -0.05) is 48.5 Å². The number of rotatable bonds is 5. The van der Waals surface area contributed by atoms with Gasteiger partial charge in [0.25, 0.3) is 0 Å². The highest BCUT2D eigenvalue weighted by Crippen LogP contribution is 2.36. The summed E-state index contributed by atoms with van der Waals surface area (Å²) in [5.74, 6) is 0.522. The van der Waals surface area contributed by atoms with Crippen LogP contribution in [0.15, 0.2) is 61.3 Å². The molecule has 0 spiro atoms. The third kappa shape index (κ3) is 3.52. The maximum Gasteiger partial charge on any atom is 0.222 e. The van der Waals surface area contributed by atoms with Crippen LogP contribution in [0, 0.1) is 0 Å². The van der Waals surface area contributed by atoms with Crippen LogP contribution in [0.5, 0.6) is 0 Å². The van der Waals surface area contributed by atoms with Crippen LogP contribution in [-0.2, 0) is 4.79 Å². The van der Waals surface area contributed by atoms with Gasteiger partial charge in [0, 0.05) is 36.7 Å². The number of nitrogens with one attached hydrogen (secondary N) is 1. The molecule has 138 valence electrons. The standard InChI is InChI=1S/C23H25N3O/c1-2-3-13-22(27)26-14-7-10-18(16-26)23-21(15-24-25-23)20-12-6-9-17-8-4-5-11-19(17)20/h2,4-6,8-9,11-12,15,18H,1,3,7,10,13-14,16H2,(H,24,25)/t18-/m1/s1. The van der Waals surface area contributed by atoms with Gasteiger partial charge < -0.3 is 4.90 Å². The van der Waals surface area contributed by atoms with E-state index in [1.807, 2.05) is 17.2 Å². The molecule has 0 radical (unpaired) electrons. The van der Waals surface area contributed by atoms with Gasteiger partial charge in [-0.25, -0.2) is 0 Å². The molecular weight excluding hydrogens is 334 g/mol. The molecule has 1 amide bonds. The van der Waals surface area contributed by atoms with Crippen molar-refractivity contribution in [3.8, 4) is 11.1 Å². The second-order valence-corrected chi connectivity index (χ2v) is 7.23. The monoisotopic (exact) mass is 359 g/mol. The van der Waals surface area contributed by atoms with Gasteiger partial charge in [-0.2, -0.15) is 5.10 Å². The number of hydrogen-bond acceptors (Lipinski definition) is 2. The first-order valence-corrected chi connectivity index (χ1v) is 9.68. The topological polar surface area (TPSA) is 49.0 Å². The summed E-state index contributed by atoms with van der Waals surface area (Å²) >= 11 is 0. The van der Waals surface area contributed by atoms with Crippen LogP contribution < -0.4 is 0 Å². The minimum atomic E-state index is 0.228. The van der Waals surface area contributed by atoms with Gasteiger partial charge in [0.2, 0.25) is 5.91 Å². The average molecular weight is 359 g/mol. The second-order valence-electron chi connectivity index (χ2n) is 7.23. The molecule has 0 unspecified atom stereocenters. The smallest absolute Gasteiger partial charge is 0.222 e. The van der Waals surface area contributed by atoms with E-state index in [1.165, 1.54) is 16.3 Å². The molecule has 0 bridgehead atoms.